The first kappa shape index (κ1) is 20.9. The van der Waals surface area contributed by atoms with E-state index in [1.165, 1.54) is 5.56 Å². The average molecular weight is 463 g/mol. The van der Waals surface area contributed by atoms with Crippen molar-refractivity contribution in [2.75, 3.05) is 26.2 Å². The minimum absolute atomic E-state index is 0.0143. The molecule has 32 heavy (non-hydrogen) atoms. The van der Waals surface area contributed by atoms with Crippen molar-refractivity contribution in [1.82, 2.24) is 19.6 Å². The Bertz CT molecular complexity index is 1200. The maximum atomic E-state index is 13.6. The maximum absolute atomic E-state index is 13.6. The molecule has 5 rings (SSSR count). The second-order valence-electron chi connectivity index (χ2n) is 7.81. The van der Waals surface area contributed by atoms with Crippen LogP contribution >= 0.6 is 22.9 Å². The molecule has 2 aromatic carbocycles. The fourth-order valence-corrected chi connectivity index (χ4v) is 4.90. The van der Waals surface area contributed by atoms with Crippen LogP contribution in [0.1, 0.15) is 16.1 Å². The van der Waals surface area contributed by atoms with Gasteiger partial charge in [-0.3, -0.25) is 9.69 Å². The van der Waals surface area contributed by atoms with E-state index in [2.05, 4.69) is 29.2 Å². The Morgan fingerprint density at radius 2 is 1.69 bits per heavy atom. The lowest BCUT2D eigenvalue weighted by Crippen LogP contribution is -2.48. The highest BCUT2D eigenvalue weighted by Crippen LogP contribution is 2.29. The molecule has 1 amide bonds. The number of hydrogen-bond acceptors (Lipinski definition) is 4. The van der Waals surface area contributed by atoms with E-state index < -0.39 is 0 Å². The molecule has 0 aliphatic carbocycles. The lowest BCUT2D eigenvalue weighted by molar-refractivity contribution is 0.0619. The van der Waals surface area contributed by atoms with Gasteiger partial charge in [0.15, 0.2) is 0 Å². The third kappa shape index (κ3) is 4.35. The monoisotopic (exact) mass is 462 g/mol. The minimum Gasteiger partial charge on any atom is -0.335 e. The van der Waals surface area contributed by atoms with Gasteiger partial charge in [0.25, 0.3) is 5.91 Å². The van der Waals surface area contributed by atoms with Gasteiger partial charge in [0.2, 0.25) is 0 Å². The quantitative estimate of drug-likeness (QED) is 0.408. The summed E-state index contributed by atoms with van der Waals surface area (Å²) in [6, 6.07) is 23.8. The Kier molecular flexibility index (Phi) is 6.08. The highest BCUT2D eigenvalue weighted by Gasteiger charge is 2.27. The van der Waals surface area contributed by atoms with Crippen LogP contribution in [0.5, 0.6) is 0 Å². The van der Waals surface area contributed by atoms with Crippen LogP contribution in [-0.2, 0) is 6.54 Å². The molecule has 4 aromatic rings. The van der Waals surface area contributed by atoms with Crippen LogP contribution in [0.15, 0.2) is 78.2 Å². The highest BCUT2D eigenvalue weighted by molar-refractivity contribution is 7.13. The third-order valence-electron chi connectivity index (χ3n) is 5.69. The summed E-state index contributed by atoms with van der Waals surface area (Å²) < 4.78 is 1.69. The van der Waals surface area contributed by atoms with Gasteiger partial charge in [-0.05, 0) is 35.2 Å². The predicted molar refractivity (Wildman–Crippen MR) is 130 cm³/mol. The lowest BCUT2D eigenvalue weighted by Gasteiger charge is -2.34. The number of para-hydroxylation sites is 1. The summed E-state index contributed by atoms with van der Waals surface area (Å²) >= 11 is 8.07. The van der Waals surface area contributed by atoms with E-state index >= 15 is 0 Å². The maximum Gasteiger partial charge on any atom is 0.272 e. The molecule has 1 aliphatic rings. The number of piperazine rings is 1. The lowest BCUT2D eigenvalue weighted by atomic mass is 10.2. The average Bonchev–Trinajstić information content (AvgIpc) is 3.51. The van der Waals surface area contributed by atoms with E-state index in [0.717, 1.165) is 30.2 Å². The van der Waals surface area contributed by atoms with Gasteiger partial charge in [-0.15, -0.1) is 11.3 Å². The molecular formula is C25H23ClN4OS. The van der Waals surface area contributed by atoms with Crippen LogP contribution in [0.2, 0.25) is 5.02 Å². The zero-order valence-corrected chi connectivity index (χ0v) is 19.1. The molecule has 2 aromatic heterocycles. The number of aromatic nitrogens is 2. The molecule has 5 nitrogen and oxygen atoms in total. The second-order valence-corrected chi connectivity index (χ2v) is 9.16. The Morgan fingerprint density at radius 1 is 0.938 bits per heavy atom. The van der Waals surface area contributed by atoms with Crippen molar-refractivity contribution in [2.45, 2.75) is 6.54 Å². The molecule has 1 fully saturated rings. The number of amides is 1. The molecule has 1 aliphatic heterocycles. The van der Waals surface area contributed by atoms with Crippen molar-refractivity contribution in [3.05, 3.63) is 94.5 Å². The Labute approximate surface area is 196 Å². The molecule has 162 valence electrons. The van der Waals surface area contributed by atoms with Crippen LogP contribution in [0.25, 0.3) is 16.3 Å². The number of benzene rings is 2. The molecule has 0 atom stereocenters. The third-order valence-corrected chi connectivity index (χ3v) is 6.90. The molecular weight excluding hydrogens is 440 g/mol. The van der Waals surface area contributed by atoms with Crippen molar-refractivity contribution in [3.63, 3.8) is 0 Å². The second kappa shape index (κ2) is 9.28. The number of thiophene rings is 1. The largest absolute Gasteiger partial charge is 0.335 e. The molecule has 0 unspecified atom stereocenters. The summed E-state index contributed by atoms with van der Waals surface area (Å²) in [4.78, 5) is 18.9. The summed E-state index contributed by atoms with van der Waals surface area (Å²) in [5, 5.41) is 7.33. The fraction of sp³-hybridized carbons (Fsp3) is 0.200. The van der Waals surface area contributed by atoms with Gasteiger partial charge in [0.05, 0.1) is 15.6 Å². The molecule has 0 radical (unpaired) electrons. The number of hydrogen-bond donors (Lipinski definition) is 0. The van der Waals surface area contributed by atoms with E-state index in [4.69, 9.17) is 16.7 Å². The standard InChI is InChI=1S/C25H23ClN4OS/c26-20-9-4-5-10-22(20)30-23(17-21(27-30)24-11-6-16-32-24)25(31)29-14-12-28(13-15-29)18-19-7-2-1-3-8-19/h1-11,16-17H,12-15,18H2. The summed E-state index contributed by atoms with van der Waals surface area (Å²) in [5.74, 6) is -0.0143. The van der Waals surface area contributed by atoms with Gasteiger partial charge in [0, 0.05) is 32.7 Å². The van der Waals surface area contributed by atoms with Gasteiger partial charge in [-0.2, -0.15) is 5.10 Å². The Hall–Kier alpha value is -2.93. The predicted octanol–water partition coefficient (Wildman–Crippen LogP) is 5.21. The summed E-state index contributed by atoms with van der Waals surface area (Å²) in [6.07, 6.45) is 0. The van der Waals surface area contributed by atoms with Crippen LogP contribution in [0.3, 0.4) is 0 Å². The molecule has 0 bridgehead atoms. The summed E-state index contributed by atoms with van der Waals surface area (Å²) in [6.45, 7) is 3.97. The summed E-state index contributed by atoms with van der Waals surface area (Å²) in [7, 11) is 0. The van der Waals surface area contributed by atoms with Crippen molar-refractivity contribution in [1.29, 1.82) is 0 Å². The van der Waals surface area contributed by atoms with E-state index in [9.17, 15) is 4.79 Å². The SMILES string of the molecule is O=C(c1cc(-c2cccs2)nn1-c1ccccc1Cl)N1CCN(Cc2ccccc2)CC1. The number of rotatable bonds is 5. The van der Waals surface area contributed by atoms with Crippen LogP contribution in [0, 0.1) is 0 Å². The van der Waals surface area contributed by atoms with Crippen molar-refractivity contribution >= 4 is 28.8 Å². The molecule has 0 spiro atoms. The van der Waals surface area contributed by atoms with E-state index in [1.807, 2.05) is 58.8 Å². The molecule has 0 saturated carbocycles. The van der Waals surface area contributed by atoms with E-state index in [1.54, 1.807) is 16.0 Å². The van der Waals surface area contributed by atoms with Gasteiger partial charge in [0.1, 0.15) is 11.4 Å². The van der Waals surface area contributed by atoms with Crippen molar-refractivity contribution in [2.24, 2.45) is 0 Å². The van der Waals surface area contributed by atoms with Gasteiger partial charge in [-0.1, -0.05) is 60.1 Å². The highest BCUT2D eigenvalue weighted by atomic mass is 35.5. The first-order valence-corrected chi connectivity index (χ1v) is 11.9. The number of halogens is 1. The molecule has 0 N–H and O–H groups in total. The fourth-order valence-electron chi connectivity index (χ4n) is 4.00. The zero-order chi connectivity index (χ0) is 21.9. The Morgan fingerprint density at radius 3 is 2.41 bits per heavy atom. The van der Waals surface area contributed by atoms with Crippen LogP contribution in [0.4, 0.5) is 0 Å². The smallest absolute Gasteiger partial charge is 0.272 e. The number of carbonyl (C=O) groups excluding carboxylic acids is 1. The van der Waals surface area contributed by atoms with Crippen molar-refractivity contribution < 1.29 is 4.79 Å². The van der Waals surface area contributed by atoms with Crippen molar-refractivity contribution in [3.8, 4) is 16.3 Å². The topological polar surface area (TPSA) is 41.4 Å². The van der Waals surface area contributed by atoms with Gasteiger partial charge in [-0.25, -0.2) is 4.68 Å². The zero-order valence-electron chi connectivity index (χ0n) is 17.5. The van der Waals surface area contributed by atoms with E-state index in [-0.39, 0.29) is 5.91 Å². The molecule has 3 heterocycles. The van der Waals surface area contributed by atoms with Crippen LogP contribution in [-0.4, -0.2) is 51.7 Å². The van der Waals surface area contributed by atoms with E-state index in [0.29, 0.717) is 29.5 Å². The van der Waals surface area contributed by atoms with Crippen LogP contribution < -0.4 is 0 Å². The van der Waals surface area contributed by atoms with Gasteiger partial charge < -0.3 is 4.90 Å². The first-order chi connectivity index (χ1) is 15.7. The van der Waals surface area contributed by atoms with Gasteiger partial charge >= 0.3 is 0 Å². The normalized spacial score (nSPS) is 14.6. The summed E-state index contributed by atoms with van der Waals surface area (Å²) in [5.41, 5.74) is 3.33. The molecule has 1 saturated heterocycles. The minimum atomic E-state index is -0.0143. The Balaban J connectivity index is 1.38. The number of carbonyl (C=O) groups is 1. The number of nitrogens with zero attached hydrogens (tertiary/aromatic N) is 4. The first-order valence-electron chi connectivity index (χ1n) is 10.6. The molecule has 7 heteroatoms.